The lowest BCUT2D eigenvalue weighted by molar-refractivity contribution is 0.261. The van der Waals surface area contributed by atoms with Gasteiger partial charge in [0, 0.05) is 6.61 Å². The van der Waals surface area contributed by atoms with Gasteiger partial charge in [-0.25, -0.2) is 0 Å². The topological polar surface area (TPSA) is 20.2 Å². The molecule has 1 unspecified atom stereocenters. The van der Waals surface area contributed by atoms with Crippen molar-refractivity contribution in [2.45, 2.75) is 52.4 Å². The summed E-state index contributed by atoms with van der Waals surface area (Å²) in [6.07, 6.45) is 7.04. The third-order valence-corrected chi connectivity index (χ3v) is 2.39. The molecule has 1 atom stereocenters. The first kappa shape index (κ1) is 12.7. The largest absolute Gasteiger partial charge is 0.396 e. The lowest BCUT2D eigenvalue weighted by Gasteiger charge is -2.11. The minimum Gasteiger partial charge on any atom is -0.396 e. The molecule has 0 rings (SSSR count). The van der Waals surface area contributed by atoms with Crippen LogP contribution in [0.1, 0.15) is 52.4 Å². The second kappa shape index (κ2) is 8.31. The summed E-state index contributed by atoms with van der Waals surface area (Å²) in [6, 6.07) is 0. The highest BCUT2D eigenvalue weighted by Crippen LogP contribution is 2.17. The molecule has 0 spiro atoms. The molecule has 0 aromatic heterocycles. The molecular weight excluding hydrogens is 160 g/mol. The summed E-state index contributed by atoms with van der Waals surface area (Å²) < 4.78 is 0. The van der Waals surface area contributed by atoms with E-state index < -0.39 is 0 Å². The van der Waals surface area contributed by atoms with Gasteiger partial charge in [-0.15, -0.1) is 0 Å². The van der Waals surface area contributed by atoms with Crippen molar-refractivity contribution in [3.05, 3.63) is 12.2 Å². The molecular formula is C12H24O. The molecule has 1 heteroatoms. The van der Waals surface area contributed by atoms with Crippen LogP contribution in [0, 0.1) is 5.92 Å². The Morgan fingerprint density at radius 2 is 2.08 bits per heavy atom. The normalized spacial score (nSPS) is 12.8. The zero-order valence-electron chi connectivity index (χ0n) is 9.18. The number of hydrogen-bond donors (Lipinski definition) is 1. The monoisotopic (exact) mass is 184 g/mol. The molecule has 0 fully saturated rings. The Labute approximate surface area is 82.9 Å². The van der Waals surface area contributed by atoms with Crippen LogP contribution in [0.3, 0.4) is 0 Å². The zero-order chi connectivity index (χ0) is 10.1. The smallest absolute Gasteiger partial charge is 0.0433 e. The number of rotatable bonds is 8. The summed E-state index contributed by atoms with van der Waals surface area (Å²) >= 11 is 0. The highest BCUT2D eigenvalue weighted by Gasteiger charge is 2.03. The number of aliphatic hydroxyl groups excluding tert-OH is 1. The maximum Gasteiger partial charge on any atom is 0.0433 e. The summed E-state index contributed by atoms with van der Waals surface area (Å²) in [7, 11) is 0. The highest BCUT2D eigenvalue weighted by atomic mass is 16.3. The van der Waals surface area contributed by atoms with Crippen LogP contribution in [-0.2, 0) is 0 Å². The Balaban J connectivity index is 3.38. The molecule has 0 heterocycles. The first-order valence-corrected chi connectivity index (χ1v) is 5.48. The maximum atomic E-state index is 8.73. The highest BCUT2D eigenvalue weighted by molar-refractivity contribution is 4.94. The van der Waals surface area contributed by atoms with E-state index in [9.17, 15) is 0 Å². The van der Waals surface area contributed by atoms with E-state index in [2.05, 4.69) is 20.4 Å². The van der Waals surface area contributed by atoms with Gasteiger partial charge in [0.15, 0.2) is 0 Å². The number of allylic oxidation sites excluding steroid dienone is 1. The Kier molecular flexibility index (Phi) is 8.11. The summed E-state index contributed by atoms with van der Waals surface area (Å²) in [4.78, 5) is 0. The fraction of sp³-hybridized carbons (Fsp3) is 0.833. The minimum absolute atomic E-state index is 0.309. The lowest BCUT2D eigenvalue weighted by Crippen LogP contribution is -1.99. The summed E-state index contributed by atoms with van der Waals surface area (Å²) in [5, 5.41) is 8.73. The van der Waals surface area contributed by atoms with Gasteiger partial charge in [0.05, 0.1) is 0 Å². The Hall–Kier alpha value is -0.300. The Bertz CT molecular complexity index is 129. The molecule has 0 aromatic carbocycles. The molecule has 78 valence electrons. The molecule has 0 aromatic rings. The molecule has 0 saturated heterocycles. The van der Waals surface area contributed by atoms with Crippen molar-refractivity contribution in [3.63, 3.8) is 0 Å². The maximum absolute atomic E-state index is 8.73. The second-order valence-corrected chi connectivity index (χ2v) is 4.03. The molecule has 0 aliphatic rings. The standard InChI is InChI=1S/C12H24O/c1-4-5-6-7-11(2)10-12(3)8-9-13/h12-13H,2,4-10H2,1,3H3. The van der Waals surface area contributed by atoms with Crippen molar-refractivity contribution in [3.8, 4) is 0 Å². The third-order valence-electron chi connectivity index (χ3n) is 2.39. The van der Waals surface area contributed by atoms with E-state index in [1.807, 2.05) is 0 Å². The summed E-state index contributed by atoms with van der Waals surface area (Å²) in [5.41, 5.74) is 1.36. The van der Waals surface area contributed by atoms with Gasteiger partial charge in [0.2, 0.25) is 0 Å². The van der Waals surface area contributed by atoms with E-state index >= 15 is 0 Å². The number of unbranched alkanes of at least 4 members (excludes halogenated alkanes) is 2. The van der Waals surface area contributed by atoms with Crippen molar-refractivity contribution in [2.24, 2.45) is 5.92 Å². The quantitative estimate of drug-likeness (QED) is 0.452. The van der Waals surface area contributed by atoms with E-state index in [1.54, 1.807) is 0 Å². The van der Waals surface area contributed by atoms with E-state index in [1.165, 1.54) is 31.3 Å². The first-order chi connectivity index (χ1) is 6.20. The molecule has 13 heavy (non-hydrogen) atoms. The van der Waals surface area contributed by atoms with E-state index in [0.717, 1.165) is 12.8 Å². The van der Waals surface area contributed by atoms with Crippen LogP contribution in [0.5, 0.6) is 0 Å². The zero-order valence-corrected chi connectivity index (χ0v) is 9.18. The van der Waals surface area contributed by atoms with E-state index in [0.29, 0.717) is 12.5 Å². The average Bonchev–Trinajstić information content (AvgIpc) is 2.05. The van der Waals surface area contributed by atoms with E-state index in [-0.39, 0.29) is 0 Å². The second-order valence-electron chi connectivity index (χ2n) is 4.03. The predicted molar refractivity (Wildman–Crippen MR) is 58.8 cm³/mol. The Morgan fingerprint density at radius 1 is 1.38 bits per heavy atom. The summed E-state index contributed by atoms with van der Waals surface area (Å²) in [5.74, 6) is 0.596. The molecule has 0 aliphatic carbocycles. The van der Waals surface area contributed by atoms with Gasteiger partial charge in [-0.05, 0) is 31.6 Å². The van der Waals surface area contributed by atoms with Gasteiger partial charge in [0.25, 0.3) is 0 Å². The first-order valence-electron chi connectivity index (χ1n) is 5.48. The molecule has 1 nitrogen and oxygen atoms in total. The fourth-order valence-corrected chi connectivity index (χ4v) is 1.54. The molecule has 0 amide bonds. The van der Waals surface area contributed by atoms with Crippen LogP contribution in [0.25, 0.3) is 0 Å². The molecule has 0 aliphatic heterocycles. The lowest BCUT2D eigenvalue weighted by atomic mass is 9.96. The van der Waals surface area contributed by atoms with Crippen LogP contribution in [0.4, 0.5) is 0 Å². The van der Waals surface area contributed by atoms with Gasteiger partial charge in [-0.2, -0.15) is 0 Å². The van der Waals surface area contributed by atoms with Crippen LogP contribution in [0.2, 0.25) is 0 Å². The third kappa shape index (κ3) is 8.04. The van der Waals surface area contributed by atoms with E-state index in [4.69, 9.17) is 5.11 Å². The van der Waals surface area contributed by atoms with Gasteiger partial charge in [0.1, 0.15) is 0 Å². The molecule has 0 saturated carbocycles. The number of aliphatic hydroxyl groups is 1. The van der Waals surface area contributed by atoms with Crippen molar-refractivity contribution < 1.29 is 5.11 Å². The summed E-state index contributed by atoms with van der Waals surface area (Å²) in [6.45, 7) is 8.78. The van der Waals surface area contributed by atoms with Crippen molar-refractivity contribution in [2.75, 3.05) is 6.61 Å². The van der Waals surface area contributed by atoms with Gasteiger partial charge in [-0.3, -0.25) is 0 Å². The van der Waals surface area contributed by atoms with Crippen molar-refractivity contribution in [1.29, 1.82) is 0 Å². The van der Waals surface area contributed by atoms with Crippen molar-refractivity contribution >= 4 is 0 Å². The minimum atomic E-state index is 0.309. The molecule has 0 radical (unpaired) electrons. The SMILES string of the molecule is C=C(CCCCC)CC(C)CCO. The molecule has 0 bridgehead atoms. The average molecular weight is 184 g/mol. The van der Waals surface area contributed by atoms with Gasteiger partial charge >= 0.3 is 0 Å². The van der Waals surface area contributed by atoms with Gasteiger partial charge in [-0.1, -0.05) is 38.8 Å². The van der Waals surface area contributed by atoms with Crippen LogP contribution in [-0.4, -0.2) is 11.7 Å². The van der Waals surface area contributed by atoms with Crippen LogP contribution in [0.15, 0.2) is 12.2 Å². The Morgan fingerprint density at radius 3 is 2.62 bits per heavy atom. The number of hydrogen-bond acceptors (Lipinski definition) is 1. The van der Waals surface area contributed by atoms with Crippen molar-refractivity contribution in [1.82, 2.24) is 0 Å². The van der Waals surface area contributed by atoms with Crippen LogP contribution < -0.4 is 0 Å². The van der Waals surface area contributed by atoms with Crippen LogP contribution >= 0.6 is 0 Å². The van der Waals surface area contributed by atoms with Gasteiger partial charge < -0.3 is 5.11 Å². The predicted octanol–water partition coefficient (Wildman–Crippen LogP) is 3.53. The fourth-order valence-electron chi connectivity index (χ4n) is 1.54. The molecule has 1 N–H and O–H groups in total.